The smallest absolute Gasteiger partial charge is 0.0534 e. The van der Waals surface area contributed by atoms with Crippen LogP contribution in [-0.2, 0) is 0 Å². The van der Waals surface area contributed by atoms with Crippen molar-refractivity contribution in [1.29, 1.82) is 0 Å². The third kappa shape index (κ3) is 0.865. The molecule has 0 aliphatic heterocycles. The van der Waals surface area contributed by atoms with Gasteiger partial charge in [0.05, 0.1) is 11.0 Å². The van der Waals surface area contributed by atoms with Crippen molar-refractivity contribution in [3.05, 3.63) is 48.8 Å². The Bertz CT molecular complexity index is 735. The van der Waals surface area contributed by atoms with E-state index in [4.69, 9.17) is 0 Å². The SMILES string of the molecule is c1cc2ccc3c(ccc4cc[nH]c43)c2[nH]1. The molecule has 0 saturated carbocycles. The van der Waals surface area contributed by atoms with Crippen molar-refractivity contribution in [3.8, 4) is 0 Å². The molecule has 16 heavy (non-hydrogen) atoms. The zero-order chi connectivity index (χ0) is 10.5. The fourth-order valence-electron chi connectivity index (χ4n) is 2.47. The van der Waals surface area contributed by atoms with E-state index in [9.17, 15) is 0 Å². The van der Waals surface area contributed by atoms with Gasteiger partial charge in [-0.05, 0) is 12.1 Å². The summed E-state index contributed by atoms with van der Waals surface area (Å²) in [6.45, 7) is 0. The van der Waals surface area contributed by atoms with E-state index in [1.54, 1.807) is 0 Å². The number of rotatable bonds is 0. The lowest BCUT2D eigenvalue weighted by molar-refractivity contribution is 1.48. The number of H-pyrrole nitrogens is 2. The van der Waals surface area contributed by atoms with E-state index in [0.717, 1.165) is 0 Å². The molecule has 2 aromatic carbocycles. The highest BCUT2D eigenvalue weighted by atomic mass is 14.7. The van der Waals surface area contributed by atoms with Gasteiger partial charge in [0.1, 0.15) is 0 Å². The van der Waals surface area contributed by atoms with Crippen LogP contribution in [0.3, 0.4) is 0 Å². The van der Waals surface area contributed by atoms with E-state index in [0.29, 0.717) is 0 Å². The third-order valence-electron chi connectivity index (χ3n) is 3.25. The predicted octanol–water partition coefficient (Wildman–Crippen LogP) is 3.80. The second-order valence-corrected chi connectivity index (χ2v) is 4.11. The Hall–Kier alpha value is -2.22. The van der Waals surface area contributed by atoms with Crippen LogP contribution in [0.25, 0.3) is 32.6 Å². The number of hydrogen-bond donors (Lipinski definition) is 2. The zero-order valence-electron chi connectivity index (χ0n) is 8.62. The highest BCUT2D eigenvalue weighted by Gasteiger charge is 2.05. The summed E-state index contributed by atoms with van der Waals surface area (Å²) in [5.74, 6) is 0. The van der Waals surface area contributed by atoms with E-state index in [2.05, 4.69) is 46.4 Å². The first kappa shape index (κ1) is 7.99. The van der Waals surface area contributed by atoms with Gasteiger partial charge in [-0.3, -0.25) is 0 Å². The molecule has 0 aliphatic rings. The van der Waals surface area contributed by atoms with Crippen LogP contribution in [0.1, 0.15) is 0 Å². The van der Waals surface area contributed by atoms with Crippen molar-refractivity contribution in [2.45, 2.75) is 0 Å². The molecule has 4 rings (SSSR count). The molecule has 0 fully saturated rings. The molecule has 0 spiro atoms. The molecule has 0 unspecified atom stereocenters. The van der Waals surface area contributed by atoms with Crippen LogP contribution >= 0.6 is 0 Å². The van der Waals surface area contributed by atoms with Crippen LogP contribution in [0, 0.1) is 0 Å². The van der Waals surface area contributed by atoms with Crippen LogP contribution in [-0.4, -0.2) is 9.97 Å². The Morgan fingerprint density at radius 3 is 1.56 bits per heavy atom. The number of aromatic amines is 2. The molecule has 0 atom stereocenters. The maximum absolute atomic E-state index is 3.31. The average Bonchev–Trinajstić information content (AvgIpc) is 2.96. The number of benzene rings is 2. The number of nitrogens with one attached hydrogen (secondary N) is 2. The molecular formula is C14H10N2. The van der Waals surface area contributed by atoms with Crippen molar-refractivity contribution in [3.63, 3.8) is 0 Å². The fourth-order valence-corrected chi connectivity index (χ4v) is 2.47. The summed E-state index contributed by atoms with van der Waals surface area (Å²) in [4.78, 5) is 6.61. The molecule has 2 nitrogen and oxygen atoms in total. The van der Waals surface area contributed by atoms with Gasteiger partial charge in [-0.25, -0.2) is 0 Å². The average molecular weight is 206 g/mol. The van der Waals surface area contributed by atoms with E-state index < -0.39 is 0 Å². The van der Waals surface area contributed by atoms with E-state index >= 15 is 0 Å². The molecule has 0 bridgehead atoms. The summed E-state index contributed by atoms with van der Waals surface area (Å²) < 4.78 is 0. The van der Waals surface area contributed by atoms with Gasteiger partial charge in [-0.15, -0.1) is 0 Å². The van der Waals surface area contributed by atoms with Crippen molar-refractivity contribution >= 4 is 32.6 Å². The highest BCUT2D eigenvalue weighted by molar-refractivity contribution is 6.14. The predicted molar refractivity (Wildman–Crippen MR) is 67.7 cm³/mol. The summed E-state index contributed by atoms with van der Waals surface area (Å²) in [6.07, 6.45) is 3.98. The summed E-state index contributed by atoms with van der Waals surface area (Å²) in [7, 11) is 0. The molecule has 0 aliphatic carbocycles. The molecule has 0 radical (unpaired) electrons. The fraction of sp³-hybridized carbons (Fsp3) is 0. The number of aromatic nitrogens is 2. The zero-order valence-corrected chi connectivity index (χ0v) is 8.62. The Labute approximate surface area is 91.9 Å². The summed E-state index contributed by atoms with van der Waals surface area (Å²) in [6, 6.07) is 12.9. The van der Waals surface area contributed by atoms with Crippen LogP contribution < -0.4 is 0 Å². The maximum Gasteiger partial charge on any atom is 0.0534 e. The molecule has 2 aromatic heterocycles. The number of hydrogen-bond acceptors (Lipinski definition) is 0. The van der Waals surface area contributed by atoms with Crippen molar-refractivity contribution < 1.29 is 0 Å². The van der Waals surface area contributed by atoms with Gasteiger partial charge in [0, 0.05) is 33.9 Å². The quantitative estimate of drug-likeness (QED) is 0.438. The second-order valence-electron chi connectivity index (χ2n) is 4.11. The highest BCUT2D eigenvalue weighted by Crippen LogP contribution is 2.29. The molecule has 2 N–H and O–H groups in total. The maximum atomic E-state index is 3.31. The third-order valence-corrected chi connectivity index (χ3v) is 3.25. The van der Waals surface area contributed by atoms with Gasteiger partial charge in [0.25, 0.3) is 0 Å². The first-order valence-electron chi connectivity index (χ1n) is 5.39. The van der Waals surface area contributed by atoms with Gasteiger partial charge in [0.2, 0.25) is 0 Å². The lowest BCUT2D eigenvalue weighted by Gasteiger charge is -2.01. The van der Waals surface area contributed by atoms with E-state index in [-0.39, 0.29) is 0 Å². The minimum Gasteiger partial charge on any atom is -0.361 e. The van der Waals surface area contributed by atoms with Gasteiger partial charge in [-0.2, -0.15) is 0 Å². The Morgan fingerprint density at radius 1 is 0.562 bits per heavy atom. The van der Waals surface area contributed by atoms with Gasteiger partial charge >= 0.3 is 0 Å². The summed E-state index contributed by atoms with van der Waals surface area (Å²) in [5.41, 5.74) is 2.43. The van der Waals surface area contributed by atoms with Crippen molar-refractivity contribution in [2.75, 3.05) is 0 Å². The van der Waals surface area contributed by atoms with Crippen LogP contribution in [0.4, 0.5) is 0 Å². The largest absolute Gasteiger partial charge is 0.361 e. The first-order chi connectivity index (χ1) is 7.93. The molecule has 0 amide bonds. The van der Waals surface area contributed by atoms with Gasteiger partial charge in [-0.1, -0.05) is 24.3 Å². The Morgan fingerprint density at radius 2 is 1.06 bits per heavy atom. The first-order valence-corrected chi connectivity index (χ1v) is 5.39. The molecular weight excluding hydrogens is 196 g/mol. The normalized spacial score (nSPS) is 11.8. The lowest BCUT2D eigenvalue weighted by atomic mass is 10.1. The van der Waals surface area contributed by atoms with Crippen molar-refractivity contribution in [1.82, 2.24) is 9.97 Å². The molecule has 0 saturated heterocycles. The second kappa shape index (κ2) is 2.67. The molecule has 2 heterocycles. The topological polar surface area (TPSA) is 31.6 Å². The van der Waals surface area contributed by atoms with Crippen LogP contribution in [0.15, 0.2) is 48.8 Å². The van der Waals surface area contributed by atoms with Crippen LogP contribution in [0.2, 0.25) is 0 Å². The van der Waals surface area contributed by atoms with Gasteiger partial charge < -0.3 is 9.97 Å². The Balaban J connectivity index is 2.38. The van der Waals surface area contributed by atoms with Crippen molar-refractivity contribution in [2.24, 2.45) is 0 Å². The van der Waals surface area contributed by atoms with E-state index in [1.807, 2.05) is 12.4 Å². The number of fused-ring (bicyclic) bond motifs is 5. The minimum absolute atomic E-state index is 1.22. The molecule has 76 valence electrons. The monoisotopic (exact) mass is 206 g/mol. The standard InChI is InChI=1S/C14H10N2/c1-3-11-12(13-9(1)5-7-15-13)4-2-10-6-8-16-14(10)11/h1-8,15-16H. The summed E-state index contributed by atoms with van der Waals surface area (Å²) in [5, 5.41) is 5.08. The molecule has 2 heteroatoms. The summed E-state index contributed by atoms with van der Waals surface area (Å²) >= 11 is 0. The van der Waals surface area contributed by atoms with Gasteiger partial charge in [0.15, 0.2) is 0 Å². The molecule has 4 aromatic rings. The van der Waals surface area contributed by atoms with Crippen LogP contribution in [0.5, 0.6) is 0 Å². The van der Waals surface area contributed by atoms with E-state index in [1.165, 1.54) is 32.6 Å². The minimum atomic E-state index is 1.22. The lowest BCUT2D eigenvalue weighted by Crippen LogP contribution is -1.77. The Kier molecular flexibility index (Phi) is 1.33.